The van der Waals surface area contributed by atoms with Crippen molar-refractivity contribution in [2.45, 2.75) is 13.8 Å². The molecule has 0 bridgehead atoms. The van der Waals surface area contributed by atoms with Crippen LogP contribution in [0.3, 0.4) is 0 Å². The van der Waals surface area contributed by atoms with Crippen LogP contribution in [0.15, 0.2) is 16.6 Å². The molecule has 1 aromatic rings. The van der Waals surface area contributed by atoms with Crippen molar-refractivity contribution in [3.63, 3.8) is 0 Å². The Balaban J connectivity index is 2.14. The SMILES string of the molecule is Cc1cc(F)c(Br)cc1NC(=O)C1CNCC1C. The molecule has 1 amide bonds. The lowest BCUT2D eigenvalue weighted by molar-refractivity contribution is -0.120. The highest BCUT2D eigenvalue weighted by Gasteiger charge is 2.29. The van der Waals surface area contributed by atoms with Crippen LogP contribution in [0.4, 0.5) is 10.1 Å². The van der Waals surface area contributed by atoms with Crippen LogP contribution >= 0.6 is 15.9 Å². The summed E-state index contributed by atoms with van der Waals surface area (Å²) in [6, 6.07) is 3.02. The van der Waals surface area contributed by atoms with Gasteiger partial charge in [0.05, 0.1) is 10.4 Å². The number of aryl methyl sites for hydroxylation is 1. The molecule has 5 heteroatoms. The quantitative estimate of drug-likeness (QED) is 0.881. The molecule has 3 nitrogen and oxygen atoms in total. The lowest BCUT2D eigenvalue weighted by Crippen LogP contribution is -2.28. The number of anilines is 1. The first-order valence-corrected chi connectivity index (χ1v) is 6.75. The van der Waals surface area contributed by atoms with Crippen LogP contribution in [0.2, 0.25) is 0 Å². The maximum Gasteiger partial charge on any atom is 0.229 e. The summed E-state index contributed by atoms with van der Waals surface area (Å²) >= 11 is 3.13. The predicted molar refractivity (Wildman–Crippen MR) is 73.0 cm³/mol. The van der Waals surface area contributed by atoms with E-state index in [0.29, 0.717) is 22.6 Å². The van der Waals surface area contributed by atoms with Crippen molar-refractivity contribution in [3.05, 3.63) is 28.0 Å². The lowest BCUT2D eigenvalue weighted by Gasteiger charge is -2.16. The van der Waals surface area contributed by atoms with E-state index in [-0.39, 0.29) is 17.6 Å². The molecule has 0 radical (unpaired) electrons. The van der Waals surface area contributed by atoms with Gasteiger partial charge in [0.1, 0.15) is 5.82 Å². The minimum absolute atomic E-state index is 0.00546. The lowest BCUT2D eigenvalue weighted by atomic mass is 9.97. The zero-order valence-corrected chi connectivity index (χ0v) is 12.0. The molecule has 1 aliphatic heterocycles. The maximum absolute atomic E-state index is 13.3. The first kappa shape index (κ1) is 13.5. The number of halogens is 2. The van der Waals surface area contributed by atoms with E-state index in [1.807, 2.05) is 0 Å². The first-order chi connectivity index (χ1) is 8.49. The Bertz CT molecular complexity index is 478. The van der Waals surface area contributed by atoms with Gasteiger partial charge in [-0.1, -0.05) is 6.92 Å². The van der Waals surface area contributed by atoms with E-state index in [1.165, 1.54) is 6.07 Å². The van der Waals surface area contributed by atoms with Crippen molar-refractivity contribution in [2.75, 3.05) is 18.4 Å². The minimum atomic E-state index is -0.318. The molecule has 2 N–H and O–H groups in total. The van der Waals surface area contributed by atoms with Crippen LogP contribution in [0.5, 0.6) is 0 Å². The van der Waals surface area contributed by atoms with Crippen molar-refractivity contribution in [3.8, 4) is 0 Å². The second-order valence-electron chi connectivity index (χ2n) is 4.81. The molecule has 1 aromatic carbocycles. The van der Waals surface area contributed by atoms with Gasteiger partial charge in [0, 0.05) is 12.2 Å². The van der Waals surface area contributed by atoms with Gasteiger partial charge in [-0.2, -0.15) is 0 Å². The number of rotatable bonds is 2. The molecule has 2 atom stereocenters. The summed E-state index contributed by atoms with van der Waals surface area (Å²) < 4.78 is 13.7. The number of carbonyl (C=O) groups is 1. The van der Waals surface area contributed by atoms with Gasteiger partial charge in [-0.25, -0.2) is 4.39 Å². The monoisotopic (exact) mass is 314 g/mol. The molecule has 0 aliphatic carbocycles. The summed E-state index contributed by atoms with van der Waals surface area (Å²) in [5.74, 6) is -0.0158. The van der Waals surface area contributed by atoms with E-state index in [2.05, 4.69) is 33.5 Å². The van der Waals surface area contributed by atoms with E-state index in [1.54, 1.807) is 13.0 Å². The Kier molecular flexibility index (Phi) is 4.02. The van der Waals surface area contributed by atoms with Crippen LogP contribution < -0.4 is 10.6 Å². The molecule has 98 valence electrons. The summed E-state index contributed by atoms with van der Waals surface area (Å²) in [5.41, 5.74) is 1.38. The fourth-order valence-electron chi connectivity index (χ4n) is 2.17. The van der Waals surface area contributed by atoms with Crippen molar-refractivity contribution in [1.82, 2.24) is 5.32 Å². The van der Waals surface area contributed by atoms with Gasteiger partial charge in [-0.05, 0) is 53.0 Å². The van der Waals surface area contributed by atoms with Gasteiger partial charge in [0.15, 0.2) is 0 Å². The number of hydrogen-bond donors (Lipinski definition) is 2. The second kappa shape index (κ2) is 5.36. The molecule has 1 fully saturated rings. The predicted octanol–water partition coefficient (Wildman–Crippen LogP) is 2.69. The standard InChI is InChI=1S/C13H16BrFN2O/c1-7-3-11(15)10(14)4-12(7)17-13(18)9-6-16-5-8(9)2/h3-4,8-9,16H,5-6H2,1-2H3,(H,17,18). The largest absolute Gasteiger partial charge is 0.326 e. The third kappa shape index (κ3) is 2.72. The number of hydrogen-bond acceptors (Lipinski definition) is 2. The van der Waals surface area contributed by atoms with E-state index in [9.17, 15) is 9.18 Å². The van der Waals surface area contributed by atoms with Crippen molar-refractivity contribution in [1.29, 1.82) is 0 Å². The average molecular weight is 315 g/mol. The van der Waals surface area contributed by atoms with E-state index >= 15 is 0 Å². The van der Waals surface area contributed by atoms with Crippen LogP contribution in [0, 0.1) is 24.6 Å². The van der Waals surface area contributed by atoms with Gasteiger partial charge < -0.3 is 10.6 Å². The van der Waals surface area contributed by atoms with Crippen LogP contribution in [-0.4, -0.2) is 19.0 Å². The van der Waals surface area contributed by atoms with Gasteiger partial charge in [0.25, 0.3) is 0 Å². The van der Waals surface area contributed by atoms with E-state index in [4.69, 9.17) is 0 Å². The molecular weight excluding hydrogens is 299 g/mol. The smallest absolute Gasteiger partial charge is 0.229 e. The molecule has 1 saturated heterocycles. The number of nitrogens with one attached hydrogen (secondary N) is 2. The number of amides is 1. The maximum atomic E-state index is 13.3. The Morgan fingerprint density at radius 3 is 2.83 bits per heavy atom. The third-order valence-electron chi connectivity index (χ3n) is 3.38. The molecule has 2 unspecified atom stereocenters. The molecule has 0 aromatic heterocycles. The summed E-state index contributed by atoms with van der Waals surface area (Å²) in [7, 11) is 0. The van der Waals surface area contributed by atoms with Crippen molar-refractivity contribution >= 4 is 27.5 Å². The number of benzene rings is 1. The average Bonchev–Trinajstić information content (AvgIpc) is 2.72. The molecule has 1 heterocycles. The molecule has 0 saturated carbocycles. The highest BCUT2D eigenvalue weighted by Crippen LogP contribution is 2.25. The molecular formula is C13H16BrFN2O. The summed E-state index contributed by atoms with van der Waals surface area (Å²) in [6.45, 7) is 5.40. The zero-order chi connectivity index (χ0) is 13.3. The highest BCUT2D eigenvalue weighted by atomic mass is 79.9. The molecule has 18 heavy (non-hydrogen) atoms. The Morgan fingerprint density at radius 2 is 2.22 bits per heavy atom. The summed E-state index contributed by atoms with van der Waals surface area (Å²) in [6.07, 6.45) is 0. The molecule has 0 spiro atoms. The van der Waals surface area contributed by atoms with E-state index < -0.39 is 0 Å². The van der Waals surface area contributed by atoms with Gasteiger partial charge >= 0.3 is 0 Å². The first-order valence-electron chi connectivity index (χ1n) is 5.96. The third-order valence-corrected chi connectivity index (χ3v) is 3.99. The topological polar surface area (TPSA) is 41.1 Å². The normalized spacial score (nSPS) is 23.1. The zero-order valence-electron chi connectivity index (χ0n) is 10.4. The van der Waals surface area contributed by atoms with Gasteiger partial charge in [-0.3, -0.25) is 4.79 Å². The van der Waals surface area contributed by atoms with Crippen LogP contribution in [0.25, 0.3) is 0 Å². The van der Waals surface area contributed by atoms with Gasteiger partial charge in [0.2, 0.25) is 5.91 Å². The Hall–Kier alpha value is -0.940. The summed E-state index contributed by atoms with van der Waals surface area (Å²) in [5, 5.41) is 6.07. The fourth-order valence-corrected chi connectivity index (χ4v) is 2.51. The van der Waals surface area contributed by atoms with Crippen molar-refractivity contribution in [2.24, 2.45) is 11.8 Å². The Labute approximate surface area is 114 Å². The van der Waals surface area contributed by atoms with Crippen molar-refractivity contribution < 1.29 is 9.18 Å². The van der Waals surface area contributed by atoms with E-state index in [0.717, 1.165) is 12.1 Å². The highest BCUT2D eigenvalue weighted by molar-refractivity contribution is 9.10. The second-order valence-corrected chi connectivity index (χ2v) is 5.67. The number of carbonyl (C=O) groups excluding carboxylic acids is 1. The molecule has 2 rings (SSSR count). The van der Waals surface area contributed by atoms with Crippen LogP contribution in [-0.2, 0) is 4.79 Å². The Morgan fingerprint density at radius 1 is 1.50 bits per heavy atom. The van der Waals surface area contributed by atoms with Gasteiger partial charge in [-0.15, -0.1) is 0 Å². The molecule has 1 aliphatic rings. The summed E-state index contributed by atoms with van der Waals surface area (Å²) in [4.78, 5) is 12.1. The van der Waals surface area contributed by atoms with Crippen LogP contribution in [0.1, 0.15) is 12.5 Å². The fraction of sp³-hybridized carbons (Fsp3) is 0.462. The minimum Gasteiger partial charge on any atom is -0.326 e.